The first-order chi connectivity index (χ1) is 7.74. The predicted molar refractivity (Wildman–Crippen MR) is 60.4 cm³/mol. The van der Waals surface area contributed by atoms with E-state index in [0.717, 1.165) is 13.2 Å². The first-order valence-electron chi connectivity index (χ1n) is 3.94. The normalized spacial score (nSPS) is 11.2. The van der Waals surface area contributed by atoms with Crippen molar-refractivity contribution in [3.05, 3.63) is 15.3 Å². The van der Waals surface area contributed by atoms with Crippen molar-refractivity contribution in [1.82, 2.24) is 4.98 Å². The van der Waals surface area contributed by atoms with Gasteiger partial charge >= 0.3 is 6.36 Å². The van der Waals surface area contributed by atoms with Gasteiger partial charge in [-0.15, -0.1) is 13.2 Å². The Morgan fingerprint density at radius 1 is 1.53 bits per heavy atom. The molecule has 1 rings (SSSR count). The van der Waals surface area contributed by atoms with E-state index in [1.54, 1.807) is 22.6 Å². The molecule has 0 amide bonds. The molecule has 0 N–H and O–H groups in total. The second kappa shape index (κ2) is 5.25. The predicted octanol–water partition coefficient (Wildman–Crippen LogP) is 2.97. The molecule has 1 aromatic heterocycles. The van der Waals surface area contributed by atoms with Crippen molar-refractivity contribution in [3.63, 3.8) is 0 Å². The number of hydrogen-bond acceptors (Lipinski definition) is 4. The van der Waals surface area contributed by atoms with Crippen molar-refractivity contribution in [2.24, 2.45) is 0 Å². The molecule has 1 aromatic rings. The molecule has 17 heavy (non-hydrogen) atoms. The number of carbonyl (C=O) groups excluding carboxylic acids is 1. The summed E-state index contributed by atoms with van der Waals surface area (Å²) < 4.78 is 44.5. The highest BCUT2D eigenvalue weighted by molar-refractivity contribution is 14.1. The van der Waals surface area contributed by atoms with Crippen molar-refractivity contribution in [1.29, 1.82) is 0 Å². The Balaban J connectivity index is 3.24. The van der Waals surface area contributed by atoms with Gasteiger partial charge in [-0.05, 0) is 34.2 Å². The van der Waals surface area contributed by atoms with Crippen LogP contribution in [0.2, 0.25) is 0 Å². The van der Waals surface area contributed by atoms with E-state index in [9.17, 15) is 18.0 Å². The van der Waals surface area contributed by atoms with Crippen LogP contribution in [0, 0.1) is 3.57 Å². The van der Waals surface area contributed by atoms with Crippen LogP contribution in [0.25, 0.3) is 0 Å². The van der Waals surface area contributed by atoms with Gasteiger partial charge in [-0.1, -0.05) is 0 Å². The van der Waals surface area contributed by atoms with Crippen LogP contribution in [0.15, 0.2) is 6.07 Å². The topological polar surface area (TPSA) is 48.4 Å². The molecule has 0 atom stereocenters. The fourth-order valence-corrected chi connectivity index (χ4v) is 1.89. The zero-order valence-electron chi connectivity index (χ0n) is 8.14. The highest BCUT2D eigenvalue weighted by atomic mass is 127. The third kappa shape index (κ3) is 3.87. The number of pyridine rings is 1. The summed E-state index contributed by atoms with van der Waals surface area (Å²) in [5.41, 5.74) is -0.196. The Labute approximate surface area is 112 Å². The molecule has 0 spiro atoms. The zero-order chi connectivity index (χ0) is 13.2. The molecule has 0 aromatic carbocycles. The second-order valence-electron chi connectivity index (χ2n) is 2.65. The molecule has 0 aliphatic rings. The quantitative estimate of drug-likeness (QED) is 0.597. The zero-order valence-corrected chi connectivity index (χ0v) is 11.1. The fourth-order valence-electron chi connectivity index (χ4n) is 0.937. The summed E-state index contributed by atoms with van der Waals surface area (Å²) in [5.74, 6) is -1.10. The Bertz CT molecular complexity index is 452. The summed E-state index contributed by atoms with van der Waals surface area (Å²) in [4.78, 5) is 14.4. The third-order valence-electron chi connectivity index (χ3n) is 1.51. The molecule has 1 heterocycles. The van der Waals surface area contributed by atoms with E-state index in [1.807, 2.05) is 0 Å². The molecule has 4 nitrogen and oxygen atoms in total. The number of hydrogen-bond donors (Lipinski definition) is 0. The lowest BCUT2D eigenvalue weighted by atomic mass is 10.3. The van der Waals surface area contributed by atoms with Gasteiger partial charge in [-0.25, -0.2) is 4.98 Å². The van der Waals surface area contributed by atoms with Crippen LogP contribution in [-0.2, 0) is 0 Å². The molecule has 0 saturated heterocycles. The summed E-state index contributed by atoms with van der Waals surface area (Å²) in [6.45, 7) is 0. The molecule has 0 bridgehead atoms. The number of aromatic nitrogens is 1. The van der Waals surface area contributed by atoms with Crippen LogP contribution in [0.1, 0.15) is 10.5 Å². The first kappa shape index (κ1) is 14.3. The largest absolute Gasteiger partial charge is 0.573 e. The van der Waals surface area contributed by atoms with Crippen LogP contribution in [0.4, 0.5) is 13.2 Å². The summed E-state index contributed by atoms with van der Waals surface area (Å²) in [5, 5.41) is -0.897. The van der Waals surface area contributed by atoms with Gasteiger partial charge < -0.3 is 9.47 Å². The Morgan fingerprint density at radius 2 is 2.12 bits per heavy atom. The Hall–Kier alpha value is -0.770. The number of rotatable bonds is 3. The van der Waals surface area contributed by atoms with Crippen LogP contribution in [-0.4, -0.2) is 23.7 Å². The molecule has 0 aliphatic heterocycles. The van der Waals surface area contributed by atoms with Gasteiger partial charge in [-0.3, -0.25) is 4.79 Å². The minimum Gasteiger partial charge on any atom is -0.478 e. The summed E-state index contributed by atoms with van der Waals surface area (Å²) in [6.07, 6.45) is -4.87. The van der Waals surface area contributed by atoms with E-state index >= 15 is 0 Å². The molecule has 0 radical (unpaired) electrons. The summed E-state index contributed by atoms with van der Waals surface area (Å²) in [6, 6.07) is 0.968. The second-order valence-corrected chi connectivity index (χ2v) is 4.15. The standard InChI is InChI=1S/C8H4ClF3INO3/c1-16-7-4(17-8(10,11)12)2-3(13)5(14-7)6(9)15/h2H,1H3. The van der Waals surface area contributed by atoms with E-state index in [1.165, 1.54) is 0 Å². The number of alkyl halides is 3. The van der Waals surface area contributed by atoms with E-state index < -0.39 is 23.2 Å². The van der Waals surface area contributed by atoms with Crippen molar-refractivity contribution < 1.29 is 27.4 Å². The molecule has 0 aliphatic carbocycles. The van der Waals surface area contributed by atoms with E-state index in [-0.39, 0.29) is 9.26 Å². The maximum absolute atomic E-state index is 12.0. The van der Waals surface area contributed by atoms with Crippen LogP contribution in [0.5, 0.6) is 11.6 Å². The van der Waals surface area contributed by atoms with E-state index in [0.29, 0.717) is 0 Å². The van der Waals surface area contributed by atoms with Gasteiger partial charge in [0.05, 0.1) is 7.11 Å². The summed E-state index contributed by atoms with van der Waals surface area (Å²) >= 11 is 6.81. The number of ether oxygens (including phenoxy) is 2. The van der Waals surface area contributed by atoms with Gasteiger partial charge in [0.2, 0.25) is 0 Å². The average molecular weight is 381 g/mol. The van der Waals surface area contributed by atoms with Crippen LogP contribution >= 0.6 is 34.2 Å². The molecule has 0 unspecified atom stereocenters. The smallest absolute Gasteiger partial charge is 0.478 e. The summed E-state index contributed by atoms with van der Waals surface area (Å²) in [7, 11) is 1.10. The minimum atomic E-state index is -4.87. The van der Waals surface area contributed by atoms with Crippen molar-refractivity contribution in [2.75, 3.05) is 7.11 Å². The van der Waals surface area contributed by atoms with Crippen LogP contribution in [0.3, 0.4) is 0 Å². The average Bonchev–Trinajstić information content (AvgIpc) is 2.14. The third-order valence-corrected chi connectivity index (χ3v) is 2.51. The van der Waals surface area contributed by atoms with Gasteiger partial charge in [0.15, 0.2) is 5.75 Å². The molecule has 9 heteroatoms. The fraction of sp³-hybridized carbons (Fsp3) is 0.250. The van der Waals surface area contributed by atoms with E-state index in [4.69, 9.17) is 11.6 Å². The van der Waals surface area contributed by atoms with E-state index in [2.05, 4.69) is 14.5 Å². The van der Waals surface area contributed by atoms with Gasteiger partial charge in [0, 0.05) is 9.64 Å². The monoisotopic (exact) mass is 381 g/mol. The number of methoxy groups -OCH3 is 1. The lowest BCUT2D eigenvalue weighted by Gasteiger charge is -2.12. The molecule has 0 saturated carbocycles. The van der Waals surface area contributed by atoms with Gasteiger partial charge in [0.1, 0.15) is 5.69 Å². The highest BCUT2D eigenvalue weighted by Gasteiger charge is 2.33. The number of halogens is 5. The molecular weight excluding hydrogens is 377 g/mol. The number of nitrogens with zero attached hydrogens (tertiary/aromatic N) is 1. The van der Waals surface area contributed by atoms with Crippen molar-refractivity contribution >= 4 is 39.4 Å². The van der Waals surface area contributed by atoms with Gasteiger partial charge in [0.25, 0.3) is 11.1 Å². The van der Waals surface area contributed by atoms with Crippen LogP contribution < -0.4 is 9.47 Å². The van der Waals surface area contributed by atoms with Crippen molar-refractivity contribution in [2.45, 2.75) is 6.36 Å². The number of carbonyl (C=O) groups is 1. The molecular formula is C8H4ClF3INO3. The lowest BCUT2D eigenvalue weighted by Crippen LogP contribution is -2.18. The first-order valence-corrected chi connectivity index (χ1v) is 5.40. The minimum absolute atomic E-state index is 0.127. The molecule has 94 valence electrons. The maximum atomic E-state index is 12.0. The lowest BCUT2D eigenvalue weighted by molar-refractivity contribution is -0.275. The Morgan fingerprint density at radius 3 is 2.53 bits per heavy atom. The SMILES string of the molecule is COc1nc(C(=O)Cl)c(I)cc1OC(F)(F)F. The van der Waals surface area contributed by atoms with Crippen molar-refractivity contribution in [3.8, 4) is 11.6 Å². The highest BCUT2D eigenvalue weighted by Crippen LogP contribution is 2.33. The molecule has 0 fully saturated rings. The maximum Gasteiger partial charge on any atom is 0.573 e. The van der Waals surface area contributed by atoms with Gasteiger partial charge in [-0.2, -0.15) is 0 Å². The Kier molecular flexibility index (Phi) is 4.42.